The molecule has 10 N–H and O–H groups in total. The topological polar surface area (TPSA) is 220 Å². The zero-order chi connectivity index (χ0) is 24.8. The minimum atomic E-state index is -1.22. The van der Waals surface area contributed by atoms with E-state index in [2.05, 4.69) is 16.0 Å². The van der Waals surface area contributed by atoms with Crippen LogP contribution in [0.2, 0.25) is 0 Å². The molecule has 0 aliphatic heterocycles. The molecule has 5 atom stereocenters. The number of carboxylic acid groups (broad SMARTS) is 1. The van der Waals surface area contributed by atoms with Crippen LogP contribution in [0.25, 0.3) is 0 Å². The summed E-state index contributed by atoms with van der Waals surface area (Å²) in [7, 11) is 0. The minimum absolute atomic E-state index is 0.128. The number of unbranched alkanes of at least 4 members (excludes halogenated alkanes) is 1. The second-order valence-electron chi connectivity index (χ2n) is 7.91. The summed E-state index contributed by atoms with van der Waals surface area (Å²) in [6.07, 6.45) is 1.47. The van der Waals surface area contributed by atoms with E-state index in [0.29, 0.717) is 25.8 Å². The molecule has 32 heavy (non-hydrogen) atoms. The molecular weight excluding hydrogens is 420 g/mol. The number of carbonyl (C=O) groups is 5. The molecule has 0 aromatic carbocycles. The van der Waals surface area contributed by atoms with Gasteiger partial charge in [0.25, 0.3) is 0 Å². The molecule has 0 bridgehead atoms. The fourth-order valence-corrected chi connectivity index (χ4v) is 2.83. The lowest BCUT2D eigenvalue weighted by atomic mass is 9.97. The molecule has 12 heteroatoms. The maximum absolute atomic E-state index is 12.9. The average Bonchev–Trinajstić information content (AvgIpc) is 2.72. The van der Waals surface area contributed by atoms with Gasteiger partial charge in [-0.1, -0.05) is 20.3 Å². The first kappa shape index (κ1) is 29.3. The zero-order valence-corrected chi connectivity index (χ0v) is 19.1. The second kappa shape index (κ2) is 15.1. The van der Waals surface area contributed by atoms with Crippen LogP contribution in [0.15, 0.2) is 0 Å². The molecule has 0 aromatic heterocycles. The van der Waals surface area contributed by atoms with E-state index in [9.17, 15) is 29.1 Å². The maximum Gasteiger partial charge on any atom is 0.326 e. The molecule has 0 saturated carbocycles. The molecule has 0 aromatic rings. The summed E-state index contributed by atoms with van der Waals surface area (Å²) in [5, 5.41) is 16.9. The number of rotatable bonds is 16. The first-order valence-electron chi connectivity index (χ1n) is 10.8. The number of carboxylic acids is 1. The van der Waals surface area contributed by atoms with Crippen molar-refractivity contribution >= 4 is 29.6 Å². The lowest BCUT2D eigenvalue weighted by Gasteiger charge is -2.27. The number of primary amides is 1. The van der Waals surface area contributed by atoms with Crippen molar-refractivity contribution in [3.8, 4) is 0 Å². The van der Waals surface area contributed by atoms with Crippen molar-refractivity contribution in [2.24, 2.45) is 23.1 Å². The summed E-state index contributed by atoms with van der Waals surface area (Å²) in [4.78, 5) is 60.4. The molecule has 184 valence electrons. The summed E-state index contributed by atoms with van der Waals surface area (Å²) >= 11 is 0. The van der Waals surface area contributed by atoms with Gasteiger partial charge in [0, 0.05) is 6.42 Å². The third kappa shape index (κ3) is 11.0. The Bertz CT molecular complexity index is 656. The molecule has 4 amide bonds. The number of hydrogen-bond donors (Lipinski definition) is 7. The summed E-state index contributed by atoms with van der Waals surface area (Å²) in [5.74, 6) is -4.13. The van der Waals surface area contributed by atoms with E-state index in [-0.39, 0.29) is 25.2 Å². The van der Waals surface area contributed by atoms with Gasteiger partial charge in [0.05, 0.1) is 6.04 Å². The molecule has 0 heterocycles. The van der Waals surface area contributed by atoms with Crippen molar-refractivity contribution in [3.05, 3.63) is 0 Å². The predicted octanol–water partition coefficient (Wildman–Crippen LogP) is -1.69. The molecule has 0 aliphatic carbocycles. The summed E-state index contributed by atoms with van der Waals surface area (Å²) < 4.78 is 0. The minimum Gasteiger partial charge on any atom is -0.480 e. The van der Waals surface area contributed by atoms with Crippen LogP contribution in [0.5, 0.6) is 0 Å². The third-order valence-electron chi connectivity index (χ3n) is 5.08. The highest BCUT2D eigenvalue weighted by atomic mass is 16.4. The van der Waals surface area contributed by atoms with Crippen LogP contribution in [0.4, 0.5) is 0 Å². The van der Waals surface area contributed by atoms with Crippen LogP contribution < -0.4 is 33.2 Å². The Kier molecular flexibility index (Phi) is 13.8. The first-order valence-corrected chi connectivity index (χ1v) is 10.8. The van der Waals surface area contributed by atoms with E-state index in [4.69, 9.17) is 17.2 Å². The summed E-state index contributed by atoms with van der Waals surface area (Å²) in [6.45, 7) is 5.45. The van der Waals surface area contributed by atoms with E-state index in [1.807, 2.05) is 6.92 Å². The van der Waals surface area contributed by atoms with E-state index in [1.165, 1.54) is 6.92 Å². The van der Waals surface area contributed by atoms with Crippen molar-refractivity contribution in [3.63, 3.8) is 0 Å². The van der Waals surface area contributed by atoms with Crippen molar-refractivity contribution in [2.45, 2.75) is 83.5 Å². The zero-order valence-electron chi connectivity index (χ0n) is 19.1. The smallest absolute Gasteiger partial charge is 0.326 e. The normalized spacial score (nSPS) is 15.5. The van der Waals surface area contributed by atoms with Crippen molar-refractivity contribution in [1.29, 1.82) is 0 Å². The van der Waals surface area contributed by atoms with E-state index in [0.717, 1.165) is 0 Å². The Labute approximate surface area is 188 Å². The fraction of sp³-hybridized carbons (Fsp3) is 0.750. The van der Waals surface area contributed by atoms with E-state index < -0.39 is 53.8 Å². The number of nitrogens with two attached hydrogens (primary N) is 3. The number of amides is 4. The lowest BCUT2D eigenvalue weighted by Crippen LogP contribution is -2.58. The van der Waals surface area contributed by atoms with Crippen molar-refractivity contribution < 1.29 is 29.1 Å². The molecule has 12 nitrogen and oxygen atoms in total. The van der Waals surface area contributed by atoms with Gasteiger partial charge in [-0.2, -0.15) is 0 Å². The van der Waals surface area contributed by atoms with Crippen LogP contribution >= 0.6 is 0 Å². The summed E-state index contributed by atoms with van der Waals surface area (Å²) in [5.41, 5.74) is 16.2. The quantitative estimate of drug-likeness (QED) is 0.132. The van der Waals surface area contributed by atoms with E-state index >= 15 is 0 Å². The van der Waals surface area contributed by atoms with Crippen LogP contribution in [-0.2, 0) is 24.0 Å². The van der Waals surface area contributed by atoms with Gasteiger partial charge >= 0.3 is 5.97 Å². The number of hydrogen-bond acceptors (Lipinski definition) is 7. The second-order valence-corrected chi connectivity index (χ2v) is 7.91. The van der Waals surface area contributed by atoms with Gasteiger partial charge in [-0.15, -0.1) is 0 Å². The largest absolute Gasteiger partial charge is 0.480 e. The Morgan fingerprint density at radius 2 is 1.47 bits per heavy atom. The third-order valence-corrected chi connectivity index (χ3v) is 5.08. The van der Waals surface area contributed by atoms with Gasteiger partial charge in [0.2, 0.25) is 23.6 Å². The Morgan fingerprint density at radius 3 is 1.94 bits per heavy atom. The highest BCUT2D eigenvalue weighted by Crippen LogP contribution is 2.10. The SMILES string of the molecule is CCC(C)C(NC(=O)C(C)N)C(=O)NC(CCC(N)=O)C(=O)NC(CCCCN)C(=O)O. The number of aliphatic carboxylic acids is 1. The van der Waals surface area contributed by atoms with Crippen molar-refractivity contribution in [1.82, 2.24) is 16.0 Å². The molecule has 0 saturated heterocycles. The van der Waals surface area contributed by atoms with Crippen molar-refractivity contribution in [2.75, 3.05) is 6.54 Å². The highest BCUT2D eigenvalue weighted by molar-refractivity contribution is 5.94. The van der Waals surface area contributed by atoms with Gasteiger partial charge in [0.15, 0.2) is 0 Å². The Morgan fingerprint density at radius 1 is 0.875 bits per heavy atom. The fourth-order valence-electron chi connectivity index (χ4n) is 2.83. The summed E-state index contributed by atoms with van der Waals surface area (Å²) in [6, 6.07) is -4.20. The molecule has 5 unspecified atom stereocenters. The van der Waals surface area contributed by atoms with Crippen LogP contribution in [0, 0.1) is 5.92 Å². The molecule has 0 aliphatic rings. The molecular formula is C20H38N6O6. The van der Waals surface area contributed by atoms with Crippen LogP contribution in [0.1, 0.15) is 59.3 Å². The van der Waals surface area contributed by atoms with Gasteiger partial charge < -0.3 is 38.3 Å². The van der Waals surface area contributed by atoms with Gasteiger partial charge in [-0.05, 0) is 45.1 Å². The molecule has 0 rings (SSSR count). The van der Waals surface area contributed by atoms with Gasteiger partial charge in [0.1, 0.15) is 18.1 Å². The van der Waals surface area contributed by atoms with Gasteiger partial charge in [-0.3, -0.25) is 19.2 Å². The number of carbonyl (C=O) groups excluding carboxylic acids is 4. The average molecular weight is 459 g/mol. The molecule has 0 radical (unpaired) electrons. The predicted molar refractivity (Wildman–Crippen MR) is 118 cm³/mol. The highest BCUT2D eigenvalue weighted by Gasteiger charge is 2.32. The maximum atomic E-state index is 12.9. The monoisotopic (exact) mass is 458 g/mol. The number of nitrogens with one attached hydrogen (secondary N) is 3. The molecule has 0 spiro atoms. The molecule has 0 fully saturated rings. The Hall–Kier alpha value is -2.73. The van der Waals surface area contributed by atoms with Gasteiger partial charge in [-0.25, -0.2) is 4.79 Å². The van der Waals surface area contributed by atoms with E-state index in [1.54, 1.807) is 6.92 Å². The standard InChI is InChI=1S/C20H38N6O6/c1-4-11(2)16(26-17(28)12(3)22)19(30)24-13(8-9-15(23)27)18(29)25-14(20(31)32)7-5-6-10-21/h11-14,16H,4-10,21-22H2,1-3H3,(H2,23,27)(H,24,30)(H,25,29)(H,26,28)(H,31,32). The Balaban J connectivity index is 5.49. The lowest BCUT2D eigenvalue weighted by molar-refractivity contribution is -0.142. The van der Waals surface area contributed by atoms with Crippen LogP contribution in [0.3, 0.4) is 0 Å². The first-order chi connectivity index (χ1) is 14.9. The van der Waals surface area contributed by atoms with Crippen LogP contribution in [-0.4, -0.2) is 65.4 Å².